The van der Waals surface area contributed by atoms with Crippen LogP contribution in [0.3, 0.4) is 0 Å². The third-order valence-corrected chi connectivity index (χ3v) is 5.73. The van der Waals surface area contributed by atoms with Gasteiger partial charge in [-0.05, 0) is 30.4 Å². The van der Waals surface area contributed by atoms with Crippen LogP contribution in [0.15, 0.2) is 48.5 Å². The molecule has 2 atom stereocenters. The Labute approximate surface area is 143 Å². The Kier molecular flexibility index (Phi) is 6.55. The Hall–Kier alpha value is -1.45. The topological polar surface area (TPSA) is 40.5 Å². The zero-order valence-corrected chi connectivity index (χ0v) is 14.9. The Morgan fingerprint density at radius 2 is 1.65 bits per heavy atom. The summed E-state index contributed by atoms with van der Waals surface area (Å²) in [5.74, 6) is 1.59. The summed E-state index contributed by atoms with van der Waals surface area (Å²) >= 11 is 1.78. The standard InChI is InChI=1S/C20H26O2S/c1-14(2)19(23-13-15(3)21)12-17-10-7-11-18(20(17)22)16-8-5-4-6-9-16/h4-11,14-15,19,21-22H,12-13H2,1-3H3. The van der Waals surface area contributed by atoms with E-state index in [1.54, 1.807) is 11.8 Å². The minimum atomic E-state index is -0.300. The van der Waals surface area contributed by atoms with Crippen molar-refractivity contribution in [3.8, 4) is 16.9 Å². The molecule has 2 unspecified atom stereocenters. The second-order valence-electron chi connectivity index (χ2n) is 6.35. The minimum absolute atomic E-state index is 0.300. The first kappa shape index (κ1) is 17.9. The molecule has 0 heterocycles. The van der Waals surface area contributed by atoms with E-state index in [2.05, 4.69) is 13.8 Å². The van der Waals surface area contributed by atoms with Crippen LogP contribution in [0.25, 0.3) is 11.1 Å². The van der Waals surface area contributed by atoms with Crippen LogP contribution in [0, 0.1) is 5.92 Å². The molecule has 2 N–H and O–H groups in total. The minimum Gasteiger partial charge on any atom is -0.507 e. The summed E-state index contributed by atoms with van der Waals surface area (Å²) in [4.78, 5) is 0. The van der Waals surface area contributed by atoms with Gasteiger partial charge in [0.25, 0.3) is 0 Å². The zero-order valence-electron chi connectivity index (χ0n) is 14.1. The molecule has 23 heavy (non-hydrogen) atoms. The van der Waals surface area contributed by atoms with Gasteiger partial charge in [0, 0.05) is 16.6 Å². The summed E-state index contributed by atoms with van der Waals surface area (Å²) in [5.41, 5.74) is 2.89. The van der Waals surface area contributed by atoms with E-state index in [0.717, 1.165) is 28.9 Å². The molecular formula is C20H26O2S. The lowest BCUT2D eigenvalue weighted by molar-refractivity contribution is 0.220. The molecule has 3 heteroatoms. The Balaban J connectivity index is 2.22. The van der Waals surface area contributed by atoms with E-state index >= 15 is 0 Å². The quantitative estimate of drug-likeness (QED) is 0.770. The van der Waals surface area contributed by atoms with Crippen LogP contribution in [-0.4, -0.2) is 27.3 Å². The summed E-state index contributed by atoms with van der Waals surface area (Å²) in [5, 5.41) is 20.6. The van der Waals surface area contributed by atoms with E-state index in [1.807, 2.05) is 55.5 Å². The molecule has 2 aromatic carbocycles. The highest BCUT2D eigenvalue weighted by Gasteiger charge is 2.18. The molecule has 0 aliphatic heterocycles. The zero-order chi connectivity index (χ0) is 16.8. The van der Waals surface area contributed by atoms with Gasteiger partial charge in [-0.15, -0.1) is 0 Å². The Morgan fingerprint density at radius 1 is 0.957 bits per heavy atom. The predicted octanol–water partition coefficient (Wildman–Crippen LogP) is 4.74. The number of phenolic OH excluding ortho intramolecular Hbond substituents is 1. The normalized spacial score (nSPS) is 14.0. The number of aromatic hydroxyl groups is 1. The van der Waals surface area contributed by atoms with Crippen molar-refractivity contribution in [2.24, 2.45) is 5.92 Å². The lowest BCUT2D eigenvalue weighted by Crippen LogP contribution is -2.18. The number of rotatable bonds is 7. The highest BCUT2D eigenvalue weighted by Crippen LogP contribution is 2.35. The highest BCUT2D eigenvalue weighted by molar-refractivity contribution is 7.99. The summed E-state index contributed by atoms with van der Waals surface area (Å²) < 4.78 is 0. The molecule has 0 fully saturated rings. The average Bonchev–Trinajstić information content (AvgIpc) is 2.53. The van der Waals surface area contributed by atoms with Crippen molar-refractivity contribution in [3.05, 3.63) is 54.1 Å². The smallest absolute Gasteiger partial charge is 0.126 e. The van der Waals surface area contributed by atoms with Gasteiger partial charge < -0.3 is 10.2 Å². The number of aliphatic hydroxyl groups is 1. The first-order valence-electron chi connectivity index (χ1n) is 8.15. The number of phenols is 1. The van der Waals surface area contributed by atoms with Gasteiger partial charge in [-0.3, -0.25) is 0 Å². The Bertz CT molecular complexity index is 608. The van der Waals surface area contributed by atoms with Gasteiger partial charge in [0.2, 0.25) is 0 Å². The maximum Gasteiger partial charge on any atom is 0.126 e. The van der Waals surface area contributed by atoms with Crippen LogP contribution < -0.4 is 0 Å². The van der Waals surface area contributed by atoms with Crippen molar-refractivity contribution in [1.29, 1.82) is 0 Å². The van der Waals surface area contributed by atoms with E-state index in [9.17, 15) is 10.2 Å². The molecule has 0 saturated carbocycles. The molecule has 0 bridgehead atoms. The maximum absolute atomic E-state index is 10.7. The number of hydrogen-bond donors (Lipinski definition) is 2. The second-order valence-corrected chi connectivity index (χ2v) is 7.62. The first-order valence-corrected chi connectivity index (χ1v) is 9.20. The van der Waals surface area contributed by atoms with Gasteiger partial charge in [0.1, 0.15) is 5.75 Å². The molecule has 0 saturated heterocycles. The number of benzene rings is 2. The lowest BCUT2D eigenvalue weighted by atomic mass is 9.96. The summed E-state index contributed by atoms with van der Waals surface area (Å²) in [7, 11) is 0. The highest BCUT2D eigenvalue weighted by atomic mass is 32.2. The van der Waals surface area contributed by atoms with E-state index in [4.69, 9.17) is 0 Å². The molecule has 0 radical (unpaired) electrons. The fraction of sp³-hybridized carbons (Fsp3) is 0.400. The average molecular weight is 330 g/mol. The maximum atomic E-state index is 10.7. The van der Waals surface area contributed by atoms with Crippen LogP contribution in [-0.2, 0) is 6.42 Å². The van der Waals surface area contributed by atoms with Gasteiger partial charge in [-0.25, -0.2) is 0 Å². The van der Waals surface area contributed by atoms with Crippen LogP contribution in [0.5, 0.6) is 5.75 Å². The lowest BCUT2D eigenvalue weighted by Gasteiger charge is -2.22. The van der Waals surface area contributed by atoms with Crippen molar-refractivity contribution < 1.29 is 10.2 Å². The van der Waals surface area contributed by atoms with Crippen molar-refractivity contribution in [2.75, 3.05) is 5.75 Å². The van der Waals surface area contributed by atoms with E-state index in [-0.39, 0.29) is 6.10 Å². The van der Waals surface area contributed by atoms with Gasteiger partial charge in [-0.2, -0.15) is 11.8 Å². The molecule has 2 rings (SSSR count). The molecule has 0 aliphatic rings. The number of aliphatic hydroxyl groups excluding tert-OH is 1. The fourth-order valence-electron chi connectivity index (χ4n) is 2.57. The molecule has 2 nitrogen and oxygen atoms in total. The SMILES string of the molecule is CC(O)CSC(Cc1cccc(-c2ccccc2)c1O)C(C)C. The van der Waals surface area contributed by atoms with Crippen LogP contribution in [0.1, 0.15) is 26.3 Å². The van der Waals surface area contributed by atoms with Crippen LogP contribution in [0.2, 0.25) is 0 Å². The van der Waals surface area contributed by atoms with Gasteiger partial charge in [0.05, 0.1) is 6.10 Å². The van der Waals surface area contributed by atoms with Gasteiger partial charge >= 0.3 is 0 Å². The third-order valence-electron chi connectivity index (χ3n) is 3.92. The molecular weight excluding hydrogens is 304 g/mol. The third kappa shape index (κ3) is 5.02. The Morgan fingerprint density at radius 3 is 2.26 bits per heavy atom. The number of para-hydroxylation sites is 1. The monoisotopic (exact) mass is 330 g/mol. The predicted molar refractivity (Wildman–Crippen MR) is 100 cm³/mol. The van der Waals surface area contributed by atoms with Crippen molar-refractivity contribution in [1.82, 2.24) is 0 Å². The van der Waals surface area contributed by atoms with Crippen molar-refractivity contribution >= 4 is 11.8 Å². The molecule has 124 valence electrons. The summed E-state index contributed by atoms with van der Waals surface area (Å²) in [6.07, 6.45) is 0.507. The molecule has 2 aromatic rings. The van der Waals surface area contributed by atoms with Crippen LogP contribution in [0.4, 0.5) is 0 Å². The van der Waals surface area contributed by atoms with Crippen molar-refractivity contribution in [3.63, 3.8) is 0 Å². The van der Waals surface area contributed by atoms with E-state index in [1.165, 1.54) is 0 Å². The van der Waals surface area contributed by atoms with Gasteiger partial charge in [0.15, 0.2) is 0 Å². The first-order chi connectivity index (χ1) is 11.0. The molecule has 0 aliphatic carbocycles. The molecule has 0 aromatic heterocycles. The second kappa shape index (κ2) is 8.42. The van der Waals surface area contributed by atoms with E-state index in [0.29, 0.717) is 16.9 Å². The summed E-state index contributed by atoms with van der Waals surface area (Å²) in [6, 6.07) is 15.9. The largest absolute Gasteiger partial charge is 0.507 e. The van der Waals surface area contributed by atoms with Crippen LogP contribution >= 0.6 is 11.8 Å². The number of hydrogen-bond acceptors (Lipinski definition) is 3. The molecule has 0 amide bonds. The molecule has 0 spiro atoms. The van der Waals surface area contributed by atoms with E-state index < -0.39 is 0 Å². The van der Waals surface area contributed by atoms with Gasteiger partial charge in [-0.1, -0.05) is 62.4 Å². The number of thioether (sulfide) groups is 1. The van der Waals surface area contributed by atoms with Crippen molar-refractivity contribution in [2.45, 2.75) is 38.5 Å². The fourth-order valence-corrected chi connectivity index (χ4v) is 3.78. The summed E-state index contributed by atoms with van der Waals surface area (Å²) in [6.45, 7) is 6.20.